The minimum atomic E-state index is -0.0246. The van der Waals surface area contributed by atoms with E-state index in [1.807, 2.05) is 18.2 Å². The van der Waals surface area contributed by atoms with Gasteiger partial charge in [0.25, 0.3) is 0 Å². The van der Waals surface area contributed by atoms with Crippen molar-refractivity contribution in [2.24, 2.45) is 0 Å². The van der Waals surface area contributed by atoms with Gasteiger partial charge < -0.3 is 19.4 Å². The molecular formula is C21H29ClN4O3S. The predicted octanol–water partition coefficient (Wildman–Crippen LogP) is 4.26. The molecule has 1 amide bonds. The van der Waals surface area contributed by atoms with Crippen molar-refractivity contribution in [3.05, 3.63) is 35.1 Å². The summed E-state index contributed by atoms with van der Waals surface area (Å²) in [4.78, 5) is 12.3. The molecule has 1 N–H and O–H groups in total. The van der Waals surface area contributed by atoms with Crippen LogP contribution in [0, 0.1) is 0 Å². The van der Waals surface area contributed by atoms with E-state index >= 15 is 0 Å². The van der Waals surface area contributed by atoms with Crippen LogP contribution in [-0.4, -0.2) is 45.7 Å². The standard InChI is InChI=1S/C21H29ClN4O3S/c1-3-15(4-2)26-19(13-29-18-10-6-5-9-17(18)22)24-25-21(26)30-14-20(27)23-12-16-8-7-11-28-16/h5-6,9-10,15-16H,3-4,7-8,11-14H2,1-2H3,(H,23,27). The molecule has 1 saturated heterocycles. The van der Waals surface area contributed by atoms with Gasteiger partial charge in [0.2, 0.25) is 5.91 Å². The average Bonchev–Trinajstić information content (AvgIpc) is 3.41. The summed E-state index contributed by atoms with van der Waals surface area (Å²) in [5, 5.41) is 12.9. The van der Waals surface area contributed by atoms with Gasteiger partial charge in [0.15, 0.2) is 11.0 Å². The molecule has 0 saturated carbocycles. The normalized spacial score (nSPS) is 16.2. The number of halogens is 1. The van der Waals surface area contributed by atoms with E-state index < -0.39 is 0 Å². The van der Waals surface area contributed by atoms with Crippen LogP contribution in [0.2, 0.25) is 5.02 Å². The summed E-state index contributed by atoms with van der Waals surface area (Å²) in [7, 11) is 0. The lowest BCUT2D eigenvalue weighted by molar-refractivity contribution is -0.119. The van der Waals surface area contributed by atoms with Crippen LogP contribution in [-0.2, 0) is 16.1 Å². The molecule has 1 aromatic carbocycles. The van der Waals surface area contributed by atoms with Gasteiger partial charge in [-0.3, -0.25) is 4.79 Å². The van der Waals surface area contributed by atoms with Crippen LogP contribution in [0.3, 0.4) is 0 Å². The summed E-state index contributed by atoms with van der Waals surface area (Å²) in [5.41, 5.74) is 0. The fraction of sp³-hybridized carbons (Fsp3) is 0.571. The SMILES string of the molecule is CCC(CC)n1c(COc2ccccc2Cl)nnc1SCC(=O)NCC1CCCO1. The van der Waals surface area contributed by atoms with Crippen LogP contribution in [0.15, 0.2) is 29.4 Å². The van der Waals surface area contributed by atoms with Gasteiger partial charge in [-0.05, 0) is 37.8 Å². The predicted molar refractivity (Wildman–Crippen MR) is 118 cm³/mol. The second-order valence-electron chi connectivity index (χ2n) is 7.19. The number of hydrogen-bond donors (Lipinski definition) is 1. The number of benzene rings is 1. The van der Waals surface area contributed by atoms with Crippen LogP contribution in [0.5, 0.6) is 5.75 Å². The highest BCUT2D eigenvalue weighted by Gasteiger charge is 2.21. The second kappa shape index (κ2) is 11.6. The minimum absolute atomic E-state index is 0.0246. The lowest BCUT2D eigenvalue weighted by Crippen LogP contribution is -2.33. The van der Waals surface area contributed by atoms with Gasteiger partial charge in [-0.15, -0.1) is 10.2 Å². The summed E-state index contributed by atoms with van der Waals surface area (Å²) in [5.74, 6) is 1.60. The van der Waals surface area contributed by atoms with E-state index in [0.29, 0.717) is 17.3 Å². The van der Waals surface area contributed by atoms with Crippen molar-refractivity contribution in [3.63, 3.8) is 0 Å². The number of para-hydroxylation sites is 1. The molecular weight excluding hydrogens is 424 g/mol. The van der Waals surface area contributed by atoms with Gasteiger partial charge in [-0.2, -0.15) is 0 Å². The highest BCUT2D eigenvalue weighted by molar-refractivity contribution is 7.99. The van der Waals surface area contributed by atoms with Crippen molar-refractivity contribution in [2.75, 3.05) is 18.9 Å². The Bertz CT molecular complexity index is 822. The maximum Gasteiger partial charge on any atom is 0.230 e. The molecule has 0 radical (unpaired) electrons. The smallest absolute Gasteiger partial charge is 0.230 e. The van der Waals surface area contributed by atoms with Crippen LogP contribution in [0.1, 0.15) is 51.4 Å². The molecule has 0 spiro atoms. The fourth-order valence-corrected chi connectivity index (χ4v) is 4.49. The van der Waals surface area contributed by atoms with Crippen LogP contribution >= 0.6 is 23.4 Å². The van der Waals surface area contributed by atoms with E-state index in [-0.39, 0.29) is 30.4 Å². The average molecular weight is 453 g/mol. The number of ether oxygens (including phenoxy) is 2. The summed E-state index contributed by atoms with van der Waals surface area (Å²) in [6, 6.07) is 7.60. The number of nitrogens with one attached hydrogen (secondary N) is 1. The number of carbonyl (C=O) groups excluding carboxylic acids is 1. The maximum atomic E-state index is 12.3. The lowest BCUT2D eigenvalue weighted by atomic mass is 10.2. The van der Waals surface area contributed by atoms with Crippen molar-refractivity contribution in [2.45, 2.75) is 63.4 Å². The van der Waals surface area contributed by atoms with Gasteiger partial charge in [-0.1, -0.05) is 49.3 Å². The largest absolute Gasteiger partial charge is 0.484 e. The molecule has 1 fully saturated rings. The number of rotatable bonds is 11. The van der Waals surface area contributed by atoms with Gasteiger partial charge in [0.05, 0.1) is 16.9 Å². The number of carbonyl (C=O) groups is 1. The summed E-state index contributed by atoms with van der Waals surface area (Å²) in [6.07, 6.45) is 4.08. The lowest BCUT2D eigenvalue weighted by Gasteiger charge is -2.19. The minimum Gasteiger partial charge on any atom is -0.484 e. The van der Waals surface area contributed by atoms with Crippen molar-refractivity contribution in [3.8, 4) is 5.75 Å². The van der Waals surface area contributed by atoms with Gasteiger partial charge in [0, 0.05) is 19.2 Å². The summed E-state index contributed by atoms with van der Waals surface area (Å²) < 4.78 is 13.5. The Morgan fingerprint density at radius 1 is 1.37 bits per heavy atom. The van der Waals surface area contributed by atoms with Crippen molar-refractivity contribution in [1.82, 2.24) is 20.1 Å². The number of aromatic nitrogens is 3. The zero-order valence-electron chi connectivity index (χ0n) is 17.5. The van der Waals surface area contributed by atoms with Crippen molar-refractivity contribution < 1.29 is 14.3 Å². The molecule has 1 aliphatic heterocycles. The molecule has 9 heteroatoms. The molecule has 1 atom stereocenters. The number of thioether (sulfide) groups is 1. The van der Waals surface area contributed by atoms with Crippen LogP contribution in [0.4, 0.5) is 0 Å². The van der Waals surface area contributed by atoms with Crippen molar-refractivity contribution in [1.29, 1.82) is 0 Å². The molecule has 0 bridgehead atoms. The Labute approximate surface area is 186 Å². The second-order valence-corrected chi connectivity index (χ2v) is 8.54. The maximum absolute atomic E-state index is 12.3. The van der Waals surface area contributed by atoms with Gasteiger partial charge in [0.1, 0.15) is 12.4 Å². The first-order chi connectivity index (χ1) is 14.6. The summed E-state index contributed by atoms with van der Waals surface area (Å²) >= 11 is 7.59. The van der Waals surface area contributed by atoms with Crippen molar-refractivity contribution >= 4 is 29.3 Å². The zero-order valence-corrected chi connectivity index (χ0v) is 19.0. The van der Waals surface area contributed by atoms with E-state index in [1.54, 1.807) is 6.07 Å². The first kappa shape index (κ1) is 22.9. The van der Waals surface area contributed by atoms with E-state index in [9.17, 15) is 4.79 Å². The monoisotopic (exact) mass is 452 g/mol. The third kappa shape index (κ3) is 6.12. The van der Waals surface area contributed by atoms with Gasteiger partial charge in [-0.25, -0.2) is 0 Å². The highest BCUT2D eigenvalue weighted by atomic mass is 35.5. The Morgan fingerprint density at radius 2 is 2.17 bits per heavy atom. The Kier molecular flexibility index (Phi) is 8.84. The van der Waals surface area contributed by atoms with Crippen LogP contribution in [0.25, 0.3) is 0 Å². The van der Waals surface area contributed by atoms with E-state index in [2.05, 4.69) is 33.9 Å². The first-order valence-corrected chi connectivity index (χ1v) is 11.8. The molecule has 30 heavy (non-hydrogen) atoms. The number of nitrogens with zero attached hydrogens (tertiary/aromatic N) is 3. The van der Waals surface area contributed by atoms with E-state index in [0.717, 1.165) is 43.3 Å². The number of hydrogen-bond acceptors (Lipinski definition) is 6. The quantitative estimate of drug-likeness (QED) is 0.513. The van der Waals surface area contributed by atoms with E-state index in [1.165, 1.54) is 11.8 Å². The topological polar surface area (TPSA) is 78.3 Å². The molecule has 2 heterocycles. The third-order valence-corrected chi connectivity index (χ3v) is 6.37. The summed E-state index contributed by atoms with van der Waals surface area (Å²) in [6.45, 7) is 5.88. The molecule has 3 rings (SSSR count). The highest BCUT2D eigenvalue weighted by Crippen LogP contribution is 2.28. The third-order valence-electron chi connectivity index (χ3n) is 5.12. The Balaban J connectivity index is 1.63. The molecule has 0 aliphatic carbocycles. The Morgan fingerprint density at radius 3 is 2.87 bits per heavy atom. The molecule has 7 nitrogen and oxygen atoms in total. The molecule has 1 unspecified atom stereocenters. The molecule has 2 aromatic rings. The molecule has 164 valence electrons. The first-order valence-electron chi connectivity index (χ1n) is 10.4. The van der Waals surface area contributed by atoms with Crippen LogP contribution < -0.4 is 10.1 Å². The van der Waals surface area contributed by atoms with E-state index in [4.69, 9.17) is 21.1 Å². The Hall–Kier alpha value is -1.77. The fourth-order valence-electron chi connectivity index (χ4n) is 3.44. The molecule has 1 aliphatic rings. The number of amides is 1. The van der Waals surface area contributed by atoms with Gasteiger partial charge >= 0.3 is 0 Å². The zero-order chi connectivity index (χ0) is 21.3. The molecule has 1 aromatic heterocycles.